The Hall–Kier alpha value is -2.13. The largest absolute Gasteiger partial charge is 0.478 e. The minimum Gasteiger partial charge on any atom is -0.478 e. The first-order valence-electron chi connectivity index (χ1n) is 8.66. The van der Waals surface area contributed by atoms with Crippen LogP contribution in [0.5, 0.6) is 0 Å². The van der Waals surface area contributed by atoms with Gasteiger partial charge in [0.15, 0.2) is 0 Å². The SMILES string of the molecule is CNS(=O)(=O)CC1CCC(N(C)c2c(C(=O)O)cnc3[nH]ccc23)CC1. The van der Waals surface area contributed by atoms with E-state index < -0.39 is 16.0 Å². The normalized spacial score (nSPS) is 21.0. The third kappa shape index (κ3) is 3.68. The summed E-state index contributed by atoms with van der Waals surface area (Å²) >= 11 is 0. The number of rotatable bonds is 6. The first-order valence-corrected chi connectivity index (χ1v) is 10.3. The molecule has 8 nitrogen and oxygen atoms in total. The predicted molar refractivity (Wildman–Crippen MR) is 100 cm³/mol. The van der Waals surface area contributed by atoms with E-state index >= 15 is 0 Å². The van der Waals surface area contributed by atoms with Crippen molar-refractivity contribution < 1.29 is 18.3 Å². The highest BCUT2D eigenvalue weighted by atomic mass is 32.2. The molecule has 1 saturated carbocycles. The van der Waals surface area contributed by atoms with Crippen LogP contribution < -0.4 is 9.62 Å². The van der Waals surface area contributed by atoms with Crippen LogP contribution >= 0.6 is 0 Å². The van der Waals surface area contributed by atoms with Crippen LogP contribution in [0.4, 0.5) is 5.69 Å². The monoisotopic (exact) mass is 380 g/mol. The molecule has 0 atom stereocenters. The van der Waals surface area contributed by atoms with Gasteiger partial charge in [-0.1, -0.05) is 0 Å². The average Bonchev–Trinajstić information content (AvgIpc) is 3.09. The van der Waals surface area contributed by atoms with Crippen LogP contribution in [-0.2, 0) is 10.0 Å². The van der Waals surface area contributed by atoms with Crippen LogP contribution in [0.3, 0.4) is 0 Å². The summed E-state index contributed by atoms with van der Waals surface area (Å²) in [6, 6.07) is 2.01. The molecule has 26 heavy (non-hydrogen) atoms. The Morgan fingerprint density at radius 3 is 2.69 bits per heavy atom. The molecule has 0 spiro atoms. The minimum atomic E-state index is -3.20. The van der Waals surface area contributed by atoms with E-state index in [1.54, 1.807) is 6.20 Å². The van der Waals surface area contributed by atoms with Crippen LogP contribution in [-0.4, -0.2) is 55.4 Å². The molecule has 0 bridgehead atoms. The Morgan fingerprint density at radius 2 is 2.08 bits per heavy atom. The molecular formula is C17H24N4O4S. The molecular weight excluding hydrogens is 356 g/mol. The maximum Gasteiger partial charge on any atom is 0.339 e. The fourth-order valence-electron chi connectivity index (χ4n) is 3.81. The topological polar surface area (TPSA) is 115 Å². The van der Waals surface area contributed by atoms with Crippen molar-refractivity contribution in [3.63, 3.8) is 0 Å². The van der Waals surface area contributed by atoms with Crippen LogP contribution in [0.15, 0.2) is 18.5 Å². The Labute approximate surface area is 152 Å². The van der Waals surface area contributed by atoms with Gasteiger partial charge in [-0.25, -0.2) is 22.9 Å². The molecule has 1 fully saturated rings. The second kappa shape index (κ2) is 7.24. The van der Waals surface area contributed by atoms with Crippen molar-refractivity contribution >= 4 is 32.7 Å². The Bertz CT molecular complexity index is 901. The van der Waals surface area contributed by atoms with Gasteiger partial charge in [-0.15, -0.1) is 0 Å². The highest BCUT2D eigenvalue weighted by molar-refractivity contribution is 7.89. The smallest absolute Gasteiger partial charge is 0.339 e. The molecule has 3 N–H and O–H groups in total. The van der Waals surface area contributed by atoms with Crippen LogP contribution in [0.25, 0.3) is 11.0 Å². The van der Waals surface area contributed by atoms with Gasteiger partial charge in [-0.2, -0.15) is 0 Å². The molecule has 9 heteroatoms. The highest BCUT2D eigenvalue weighted by Gasteiger charge is 2.29. The number of sulfonamides is 1. The van der Waals surface area contributed by atoms with Crippen molar-refractivity contribution in [3.05, 3.63) is 24.0 Å². The number of hydrogen-bond acceptors (Lipinski definition) is 5. The Morgan fingerprint density at radius 1 is 1.38 bits per heavy atom. The number of fused-ring (bicyclic) bond motifs is 1. The lowest BCUT2D eigenvalue weighted by atomic mass is 9.86. The lowest BCUT2D eigenvalue weighted by Gasteiger charge is -2.36. The molecule has 1 aliphatic rings. The summed E-state index contributed by atoms with van der Waals surface area (Å²) in [5.74, 6) is -0.713. The number of aromatic carboxylic acids is 1. The van der Waals surface area contributed by atoms with Crippen LogP contribution in [0, 0.1) is 5.92 Å². The van der Waals surface area contributed by atoms with Gasteiger partial charge in [0.25, 0.3) is 0 Å². The zero-order valence-electron chi connectivity index (χ0n) is 14.9. The summed E-state index contributed by atoms with van der Waals surface area (Å²) in [5.41, 5.74) is 1.50. The molecule has 0 radical (unpaired) electrons. The van der Waals surface area contributed by atoms with Crippen molar-refractivity contribution in [3.8, 4) is 0 Å². The molecule has 3 rings (SSSR count). The number of aromatic amines is 1. The maximum absolute atomic E-state index is 11.7. The number of carboxylic acids is 1. The second-order valence-electron chi connectivity index (χ2n) is 6.84. The standard InChI is InChI=1S/C17H24N4O4S/c1-18-26(24,25)10-11-3-5-12(6-4-11)21(2)15-13-7-8-19-16(13)20-9-14(15)17(22)23/h7-9,11-12,18H,3-6,10H2,1-2H3,(H,19,20)(H,22,23). The maximum atomic E-state index is 11.7. The summed E-state index contributed by atoms with van der Waals surface area (Å²) in [4.78, 5) is 20.9. The van der Waals surface area contributed by atoms with Gasteiger partial charge >= 0.3 is 5.97 Å². The zero-order valence-corrected chi connectivity index (χ0v) is 15.7. The first-order chi connectivity index (χ1) is 12.3. The van der Waals surface area contributed by atoms with E-state index in [9.17, 15) is 18.3 Å². The zero-order chi connectivity index (χ0) is 18.9. The number of carbonyl (C=O) groups is 1. The van der Waals surface area contributed by atoms with Gasteiger partial charge in [0.2, 0.25) is 10.0 Å². The molecule has 2 heterocycles. The van der Waals surface area contributed by atoms with Gasteiger partial charge in [0.05, 0.1) is 11.4 Å². The Balaban J connectivity index is 1.80. The van der Waals surface area contributed by atoms with E-state index in [2.05, 4.69) is 14.7 Å². The summed E-state index contributed by atoms with van der Waals surface area (Å²) < 4.78 is 25.9. The number of nitrogens with zero attached hydrogens (tertiary/aromatic N) is 2. The third-order valence-corrected chi connectivity index (χ3v) is 6.80. The highest BCUT2D eigenvalue weighted by Crippen LogP contribution is 2.35. The number of anilines is 1. The van der Waals surface area contributed by atoms with E-state index in [1.165, 1.54) is 13.2 Å². The van der Waals surface area contributed by atoms with Crippen LogP contribution in [0.2, 0.25) is 0 Å². The molecule has 0 unspecified atom stereocenters. The number of H-pyrrole nitrogens is 1. The number of aromatic nitrogens is 2. The number of hydrogen-bond donors (Lipinski definition) is 3. The van der Waals surface area contributed by atoms with Crippen molar-refractivity contribution in [2.24, 2.45) is 5.92 Å². The quantitative estimate of drug-likeness (QED) is 0.704. The van der Waals surface area contributed by atoms with E-state index in [0.29, 0.717) is 11.3 Å². The number of nitrogens with one attached hydrogen (secondary N) is 2. The second-order valence-corrected chi connectivity index (χ2v) is 8.81. The van der Waals surface area contributed by atoms with Gasteiger partial charge in [0.1, 0.15) is 11.2 Å². The van der Waals surface area contributed by atoms with Crippen molar-refractivity contribution in [1.29, 1.82) is 0 Å². The van der Waals surface area contributed by atoms with Gasteiger partial charge in [0, 0.05) is 30.9 Å². The van der Waals surface area contributed by atoms with E-state index in [1.807, 2.05) is 18.0 Å². The van der Waals surface area contributed by atoms with Gasteiger partial charge in [-0.3, -0.25) is 0 Å². The molecule has 0 aliphatic heterocycles. The lowest BCUT2D eigenvalue weighted by Crippen LogP contribution is -2.38. The molecule has 0 amide bonds. The summed E-state index contributed by atoms with van der Waals surface area (Å²) in [6.07, 6.45) is 6.40. The fraction of sp³-hybridized carbons (Fsp3) is 0.529. The van der Waals surface area contributed by atoms with Gasteiger partial charge in [-0.05, 0) is 44.7 Å². The first kappa shape index (κ1) is 18.7. The number of carboxylic acid groups (broad SMARTS) is 1. The van der Waals surface area contributed by atoms with Gasteiger partial charge < -0.3 is 15.0 Å². The molecule has 2 aromatic rings. The van der Waals surface area contributed by atoms with Crippen molar-refractivity contribution in [2.45, 2.75) is 31.7 Å². The predicted octanol–water partition coefficient (Wildman–Crippen LogP) is 1.81. The summed E-state index contributed by atoms with van der Waals surface area (Å²) in [6.45, 7) is 0. The van der Waals surface area contributed by atoms with Crippen LogP contribution in [0.1, 0.15) is 36.0 Å². The fourth-order valence-corrected chi connectivity index (χ4v) is 4.93. The van der Waals surface area contributed by atoms with E-state index in [0.717, 1.165) is 31.1 Å². The summed E-state index contributed by atoms with van der Waals surface area (Å²) in [5, 5.41) is 10.3. The molecule has 2 aromatic heterocycles. The summed E-state index contributed by atoms with van der Waals surface area (Å²) in [7, 11) is 0.143. The van der Waals surface area contributed by atoms with Crippen molar-refractivity contribution in [2.75, 3.05) is 24.7 Å². The molecule has 1 aliphatic carbocycles. The molecule has 142 valence electrons. The number of pyridine rings is 1. The minimum absolute atomic E-state index is 0.140. The van der Waals surface area contributed by atoms with Crippen molar-refractivity contribution in [1.82, 2.24) is 14.7 Å². The van der Waals surface area contributed by atoms with E-state index in [4.69, 9.17) is 0 Å². The van der Waals surface area contributed by atoms with E-state index in [-0.39, 0.29) is 23.3 Å². The Kier molecular flexibility index (Phi) is 5.19. The third-order valence-electron chi connectivity index (χ3n) is 5.27. The lowest BCUT2D eigenvalue weighted by molar-refractivity contribution is 0.0697. The average molecular weight is 380 g/mol. The molecule has 0 aromatic carbocycles. The molecule has 0 saturated heterocycles.